The smallest absolute Gasteiger partial charge is 0.267 e. The standard InChI is InChI=1S/C21H22N2O6S2/c1-17-7-9-19(10-8-17)30(24,25)22-16-21(28-13-14-29-21)18-11-12-23(15-18)31(26,27)20-5-3-2-4-6-20/h2-12,15,22H,13-14,16H2,1H3. The summed E-state index contributed by atoms with van der Waals surface area (Å²) in [5, 5.41) is 0. The van der Waals surface area contributed by atoms with Gasteiger partial charge in [-0.3, -0.25) is 0 Å². The van der Waals surface area contributed by atoms with Crippen LogP contribution in [0.4, 0.5) is 0 Å². The van der Waals surface area contributed by atoms with Crippen molar-refractivity contribution in [3.63, 3.8) is 0 Å². The van der Waals surface area contributed by atoms with Gasteiger partial charge >= 0.3 is 0 Å². The number of hydrogen-bond acceptors (Lipinski definition) is 6. The van der Waals surface area contributed by atoms with E-state index in [-0.39, 0.29) is 29.5 Å². The molecular formula is C21H22N2O6S2. The van der Waals surface area contributed by atoms with Crippen molar-refractivity contribution in [3.8, 4) is 0 Å². The molecule has 1 aromatic heterocycles. The molecule has 31 heavy (non-hydrogen) atoms. The van der Waals surface area contributed by atoms with Gasteiger partial charge in [0.1, 0.15) is 0 Å². The van der Waals surface area contributed by atoms with E-state index in [0.717, 1.165) is 9.54 Å². The maximum absolute atomic E-state index is 12.9. The van der Waals surface area contributed by atoms with Crippen LogP contribution in [0.5, 0.6) is 0 Å². The first-order valence-electron chi connectivity index (χ1n) is 9.56. The number of ether oxygens (including phenoxy) is 2. The van der Waals surface area contributed by atoms with Crippen LogP contribution in [0.25, 0.3) is 0 Å². The van der Waals surface area contributed by atoms with Crippen molar-refractivity contribution in [2.24, 2.45) is 0 Å². The monoisotopic (exact) mass is 462 g/mol. The molecule has 1 aliphatic heterocycles. The fraction of sp³-hybridized carbons (Fsp3) is 0.238. The molecule has 0 bridgehead atoms. The minimum Gasteiger partial charge on any atom is -0.342 e. The first-order chi connectivity index (χ1) is 14.7. The first kappa shape index (κ1) is 21.7. The van der Waals surface area contributed by atoms with Gasteiger partial charge in [0.15, 0.2) is 0 Å². The number of nitrogens with one attached hydrogen (secondary N) is 1. The summed E-state index contributed by atoms with van der Waals surface area (Å²) in [5.41, 5.74) is 1.34. The van der Waals surface area contributed by atoms with E-state index in [0.29, 0.717) is 5.56 Å². The molecule has 1 fully saturated rings. The first-order valence-corrected chi connectivity index (χ1v) is 12.5. The van der Waals surface area contributed by atoms with Crippen LogP contribution in [-0.4, -0.2) is 40.6 Å². The van der Waals surface area contributed by atoms with Gasteiger partial charge in [-0.2, -0.15) is 0 Å². The number of rotatable bonds is 7. The maximum Gasteiger partial charge on any atom is 0.267 e. The zero-order valence-corrected chi connectivity index (χ0v) is 18.4. The Labute approximate surface area is 181 Å². The van der Waals surface area contributed by atoms with Crippen LogP contribution in [0.3, 0.4) is 0 Å². The molecular weight excluding hydrogens is 440 g/mol. The van der Waals surface area contributed by atoms with Gasteiger partial charge in [0, 0.05) is 18.0 Å². The molecule has 4 rings (SSSR count). The van der Waals surface area contributed by atoms with E-state index in [1.54, 1.807) is 36.4 Å². The van der Waals surface area contributed by atoms with Crippen LogP contribution in [0.1, 0.15) is 11.1 Å². The molecule has 0 atom stereocenters. The third-order valence-electron chi connectivity index (χ3n) is 5.01. The quantitative estimate of drug-likeness (QED) is 0.577. The molecule has 0 amide bonds. The molecule has 8 nitrogen and oxygen atoms in total. The van der Waals surface area contributed by atoms with Gasteiger partial charge in [0.05, 0.1) is 29.5 Å². The van der Waals surface area contributed by atoms with Crippen LogP contribution in [0.2, 0.25) is 0 Å². The number of aromatic nitrogens is 1. The molecule has 1 aliphatic rings. The topological polar surface area (TPSA) is 104 Å². The Bertz CT molecular complexity index is 1260. The Balaban J connectivity index is 1.60. The van der Waals surface area contributed by atoms with Crippen molar-refractivity contribution in [2.45, 2.75) is 22.5 Å². The lowest BCUT2D eigenvalue weighted by molar-refractivity contribution is -0.159. The number of nitrogens with zero attached hydrogens (tertiary/aromatic N) is 1. The van der Waals surface area contributed by atoms with Crippen LogP contribution in [0.15, 0.2) is 82.8 Å². The van der Waals surface area contributed by atoms with Crippen LogP contribution in [0, 0.1) is 6.92 Å². The zero-order valence-electron chi connectivity index (χ0n) is 16.8. The molecule has 0 unspecified atom stereocenters. The molecule has 164 valence electrons. The van der Waals surface area contributed by atoms with Gasteiger partial charge < -0.3 is 9.47 Å². The van der Waals surface area contributed by atoms with Crippen molar-refractivity contribution >= 4 is 20.0 Å². The zero-order chi connectivity index (χ0) is 22.1. The lowest BCUT2D eigenvalue weighted by atomic mass is 10.1. The van der Waals surface area contributed by atoms with Gasteiger partial charge in [-0.15, -0.1) is 0 Å². The molecule has 2 heterocycles. The van der Waals surface area contributed by atoms with Crippen molar-refractivity contribution in [3.05, 3.63) is 84.2 Å². The number of benzene rings is 2. The van der Waals surface area contributed by atoms with Crippen LogP contribution >= 0.6 is 0 Å². The third-order valence-corrected chi connectivity index (χ3v) is 8.07. The molecule has 2 aromatic carbocycles. The number of aryl methyl sites for hydroxylation is 1. The van der Waals surface area contributed by atoms with E-state index in [9.17, 15) is 16.8 Å². The van der Waals surface area contributed by atoms with E-state index >= 15 is 0 Å². The Morgan fingerprint density at radius 2 is 1.55 bits per heavy atom. The van der Waals surface area contributed by atoms with E-state index in [2.05, 4.69) is 4.72 Å². The second kappa shape index (κ2) is 8.21. The molecule has 0 saturated carbocycles. The minimum atomic E-state index is -3.81. The summed E-state index contributed by atoms with van der Waals surface area (Å²) in [7, 11) is -7.61. The Kier molecular flexibility index (Phi) is 5.75. The Hall–Kier alpha value is -2.50. The summed E-state index contributed by atoms with van der Waals surface area (Å²) in [6.07, 6.45) is 2.77. The Morgan fingerprint density at radius 3 is 2.19 bits per heavy atom. The van der Waals surface area contributed by atoms with Gasteiger partial charge in [-0.25, -0.2) is 25.5 Å². The summed E-state index contributed by atoms with van der Waals surface area (Å²) < 4.78 is 66.2. The lowest BCUT2D eigenvalue weighted by Gasteiger charge is -2.26. The Morgan fingerprint density at radius 1 is 0.903 bits per heavy atom. The highest BCUT2D eigenvalue weighted by atomic mass is 32.2. The summed E-state index contributed by atoms with van der Waals surface area (Å²) in [6, 6.07) is 16.0. The van der Waals surface area contributed by atoms with E-state index < -0.39 is 25.8 Å². The fourth-order valence-corrected chi connectivity index (χ4v) is 5.54. The SMILES string of the molecule is Cc1ccc(S(=O)(=O)NCC2(c3ccn(S(=O)(=O)c4ccccc4)c3)OCCO2)cc1. The van der Waals surface area contributed by atoms with Crippen molar-refractivity contribution in [2.75, 3.05) is 19.8 Å². The highest BCUT2D eigenvalue weighted by molar-refractivity contribution is 7.90. The number of sulfonamides is 1. The van der Waals surface area contributed by atoms with Gasteiger partial charge in [-0.1, -0.05) is 35.9 Å². The third kappa shape index (κ3) is 4.30. The summed E-state index contributed by atoms with van der Waals surface area (Å²) in [4.78, 5) is 0.259. The largest absolute Gasteiger partial charge is 0.342 e. The van der Waals surface area contributed by atoms with E-state index in [1.165, 1.54) is 36.7 Å². The molecule has 0 spiro atoms. The lowest BCUT2D eigenvalue weighted by Crippen LogP contribution is -2.41. The van der Waals surface area contributed by atoms with Crippen molar-refractivity contribution < 1.29 is 26.3 Å². The van der Waals surface area contributed by atoms with E-state index in [4.69, 9.17) is 9.47 Å². The van der Waals surface area contributed by atoms with Crippen molar-refractivity contribution in [1.82, 2.24) is 8.69 Å². The number of hydrogen-bond donors (Lipinski definition) is 1. The van der Waals surface area contributed by atoms with Crippen LogP contribution in [-0.2, 0) is 35.3 Å². The molecule has 1 saturated heterocycles. The molecule has 0 aliphatic carbocycles. The predicted molar refractivity (Wildman–Crippen MR) is 113 cm³/mol. The normalized spacial score (nSPS) is 16.4. The molecule has 0 radical (unpaired) electrons. The van der Waals surface area contributed by atoms with Gasteiger partial charge in [-0.05, 0) is 37.3 Å². The molecule has 10 heteroatoms. The fourth-order valence-electron chi connectivity index (χ4n) is 3.28. The van der Waals surface area contributed by atoms with Crippen LogP contribution < -0.4 is 4.72 Å². The summed E-state index contributed by atoms with van der Waals surface area (Å²) in [5.74, 6) is -1.42. The maximum atomic E-state index is 12.9. The predicted octanol–water partition coefficient (Wildman–Crippen LogP) is 2.21. The second-order valence-corrected chi connectivity index (χ2v) is 10.7. The van der Waals surface area contributed by atoms with Crippen molar-refractivity contribution in [1.29, 1.82) is 0 Å². The summed E-state index contributed by atoms with van der Waals surface area (Å²) in [6.45, 7) is 2.16. The molecule has 1 N–H and O–H groups in total. The van der Waals surface area contributed by atoms with Gasteiger partial charge in [0.2, 0.25) is 15.8 Å². The van der Waals surface area contributed by atoms with Gasteiger partial charge in [0.25, 0.3) is 10.0 Å². The average Bonchev–Trinajstić information content (AvgIpc) is 3.44. The average molecular weight is 463 g/mol. The molecule has 3 aromatic rings. The minimum absolute atomic E-state index is 0.121. The summed E-state index contributed by atoms with van der Waals surface area (Å²) >= 11 is 0. The highest BCUT2D eigenvalue weighted by Crippen LogP contribution is 2.32. The second-order valence-electron chi connectivity index (χ2n) is 7.14. The highest BCUT2D eigenvalue weighted by Gasteiger charge is 2.41. The van der Waals surface area contributed by atoms with E-state index in [1.807, 2.05) is 6.92 Å².